The number of hydrogen-bond acceptors (Lipinski definition) is 1. The monoisotopic (exact) mass is 255 g/mol. The summed E-state index contributed by atoms with van der Waals surface area (Å²) in [6.45, 7) is 7.17. The molecule has 1 aromatic rings. The molecule has 0 atom stereocenters. The zero-order chi connectivity index (χ0) is 10.8. The van der Waals surface area contributed by atoms with E-state index >= 15 is 0 Å². The Morgan fingerprint density at radius 2 is 2.00 bits per heavy atom. The Kier molecular flexibility index (Phi) is 3.73. The summed E-state index contributed by atoms with van der Waals surface area (Å²) in [6.07, 6.45) is 1.06. The predicted octanol–water partition coefficient (Wildman–Crippen LogP) is 3.25. The van der Waals surface area contributed by atoms with Crippen LogP contribution in [0.5, 0.6) is 0 Å². The number of aryl methyl sites for hydroxylation is 1. The quantitative estimate of drug-likeness (QED) is 0.882. The number of nitrogens with two attached hydrogens (primary N) is 1. The predicted molar refractivity (Wildman–Crippen MR) is 65.6 cm³/mol. The van der Waals surface area contributed by atoms with E-state index in [-0.39, 0.29) is 5.41 Å². The van der Waals surface area contributed by atoms with Crippen LogP contribution >= 0.6 is 15.9 Å². The topological polar surface area (TPSA) is 26.0 Å². The van der Waals surface area contributed by atoms with Gasteiger partial charge < -0.3 is 5.73 Å². The lowest BCUT2D eigenvalue weighted by molar-refractivity contribution is 0.538. The first-order chi connectivity index (χ1) is 6.51. The van der Waals surface area contributed by atoms with Crippen molar-refractivity contribution >= 4 is 15.9 Å². The Hall–Kier alpha value is -0.340. The highest BCUT2D eigenvalue weighted by molar-refractivity contribution is 9.10. The molecule has 0 radical (unpaired) electrons. The van der Waals surface area contributed by atoms with E-state index in [1.807, 2.05) is 0 Å². The van der Waals surface area contributed by atoms with Crippen molar-refractivity contribution in [3.63, 3.8) is 0 Å². The van der Waals surface area contributed by atoms with E-state index < -0.39 is 0 Å². The Balaban J connectivity index is 3.08. The highest BCUT2D eigenvalue weighted by Gasteiger charge is 2.18. The maximum absolute atomic E-state index is 5.74. The van der Waals surface area contributed by atoms with Gasteiger partial charge in [0.25, 0.3) is 0 Å². The van der Waals surface area contributed by atoms with Crippen molar-refractivity contribution in [2.24, 2.45) is 5.73 Å². The molecule has 0 saturated heterocycles. The van der Waals surface area contributed by atoms with Crippen LogP contribution in [-0.2, 0) is 11.8 Å². The van der Waals surface area contributed by atoms with Gasteiger partial charge in [-0.15, -0.1) is 0 Å². The van der Waals surface area contributed by atoms with Crippen molar-refractivity contribution in [3.05, 3.63) is 33.8 Å². The minimum Gasteiger partial charge on any atom is -0.330 e. The van der Waals surface area contributed by atoms with E-state index in [2.05, 4.69) is 54.9 Å². The van der Waals surface area contributed by atoms with E-state index in [1.165, 1.54) is 15.6 Å². The third-order valence-corrected chi connectivity index (χ3v) is 3.46. The molecular weight excluding hydrogens is 238 g/mol. The number of benzene rings is 1. The largest absolute Gasteiger partial charge is 0.330 e. The van der Waals surface area contributed by atoms with Gasteiger partial charge in [0.2, 0.25) is 0 Å². The minimum atomic E-state index is 0.0643. The summed E-state index contributed by atoms with van der Waals surface area (Å²) in [5.41, 5.74) is 8.45. The molecule has 0 aliphatic carbocycles. The molecule has 0 aliphatic rings. The molecule has 2 heteroatoms. The van der Waals surface area contributed by atoms with Crippen LogP contribution in [0, 0.1) is 0 Å². The molecule has 0 aliphatic heterocycles. The van der Waals surface area contributed by atoms with Crippen LogP contribution in [0.4, 0.5) is 0 Å². The van der Waals surface area contributed by atoms with Crippen molar-refractivity contribution in [3.8, 4) is 0 Å². The van der Waals surface area contributed by atoms with Gasteiger partial charge in [-0.25, -0.2) is 0 Å². The van der Waals surface area contributed by atoms with Gasteiger partial charge in [0.15, 0.2) is 0 Å². The minimum absolute atomic E-state index is 0.0643. The lowest BCUT2D eigenvalue weighted by Gasteiger charge is -2.23. The van der Waals surface area contributed by atoms with Crippen molar-refractivity contribution in [1.29, 1.82) is 0 Å². The van der Waals surface area contributed by atoms with Gasteiger partial charge in [0.05, 0.1) is 0 Å². The van der Waals surface area contributed by atoms with Gasteiger partial charge in [-0.05, 0) is 23.6 Å². The normalized spacial score (nSPS) is 11.8. The molecule has 0 unspecified atom stereocenters. The molecule has 0 bridgehead atoms. The maximum atomic E-state index is 5.74. The Morgan fingerprint density at radius 1 is 1.36 bits per heavy atom. The lowest BCUT2D eigenvalue weighted by atomic mass is 9.84. The van der Waals surface area contributed by atoms with E-state index in [4.69, 9.17) is 5.73 Å². The van der Waals surface area contributed by atoms with Gasteiger partial charge in [-0.3, -0.25) is 0 Å². The summed E-state index contributed by atoms with van der Waals surface area (Å²) < 4.78 is 1.19. The highest BCUT2D eigenvalue weighted by Crippen LogP contribution is 2.27. The number of rotatable bonds is 3. The fourth-order valence-electron chi connectivity index (χ4n) is 1.37. The van der Waals surface area contributed by atoms with E-state index in [1.54, 1.807) is 0 Å². The molecule has 0 aromatic heterocycles. The fourth-order valence-corrected chi connectivity index (χ4v) is 2.03. The van der Waals surface area contributed by atoms with Crippen molar-refractivity contribution in [2.75, 3.05) is 6.54 Å². The van der Waals surface area contributed by atoms with E-state index in [9.17, 15) is 0 Å². The third-order valence-electron chi connectivity index (χ3n) is 2.73. The molecular formula is C12H18BrN. The zero-order valence-corrected chi connectivity index (χ0v) is 10.7. The zero-order valence-electron chi connectivity index (χ0n) is 9.10. The van der Waals surface area contributed by atoms with Crippen LogP contribution < -0.4 is 5.73 Å². The molecule has 1 nitrogen and oxygen atoms in total. The molecule has 14 heavy (non-hydrogen) atoms. The molecule has 0 spiro atoms. The summed E-state index contributed by atoms with van der Waals surface area (Å²) in [4.78, 5) is 0. The van der Waals surface area contributed by atoms with Crippen molar-refractivity contribution in [2.45, 2.75) is 32.6 Å². The fraction of sp³-hybridized carbons (Fsp3) is 0.500. The molecule has 1 aromatic carbocycles. The number of hydrogen-bond donors (Lipinski definition) is 1. The first-order valence-electron chi connectivity index (χ1n) is 5.00. The van der Waals surface area contributed by atoms with Gasteiger partial charge in [0, 0.05) is 16.4 Å². The Morgan fingerprint density at radius 3 is 2.43 bits per heavy atom. The standard InChI is InChI=1S/C12H18BrN/c1-4-9-5-6-10(7-11(9)13)12(2,3)8-14/h5-7H,4,8,14H2,1-3H3. The molecule has 2 N–H and O–H groups in total. The summed E-state index contributed by atoms with van der Waals surface area (Å²) in [6, 6.07) is 6.54. The molecule has 0 amide bonds. The van der Waals surface area contributed by atoms with E-state index in [0.29, 0.717) is 6.54 Å². The summed E-state index contributed by atoms with van der Waals surface area (Å²) >= 11 is 3.59. The lowest BCUT2D eigenvalue weighted by Crippen LogP contribution is -2.28. The molecule has 0 saturated carbocycles. The molecule has 0 fully saturated rings. The van der Waals surface area contributed by atoms with Gasteiger partial charge in [0.1, 0.15) is 0 Å². The van der Waals surface area contributed by atoms with Crippen LogP contribution in [0.3, 0.4) is 0 Å². The first-order valence-corrected chi connectivity index (χ1v) is 5.79. The average Bonchev–Trinajstić information content (AvgIpc) is 2.17. The molecule has 0 heterocycles. The van der Waals surface area contributed by atoms with Gasteiger partial charge in [-0.2, -0.15) is 0 Å². The maximum Gasteiger partial charge on any atom is 0.0210 e. The Labute approximate surface area is 94.8 Å². The van der Waals surface area contributed by atoms with Crippen LogP contribution in [0.15, 0.2) is 22.7 Å². The summed E-state index contributed by atoms with van der Waals surface area (Å²) in [5, 5.41) is 0. The van der Waals surface area contributed by atoms with E-state index in [0.717, 1.165) is 6.42 Å². The van der Waals surface area contributed by atoms with Gasteiger partial charge in [-0.1, -0.05) is 48.8 Å². The third kappa shape index (κ3) is 2.37. The van der Waals surface area contributed by atoms with Crippen molar-refractivity contribution < 1.29 is 0 Å². The highest BCUT2D eigenvalue weighted by atomic mass is 79.9. The first kappa shape index (κ1) is 11.7. The SMILES string of the molecule is CCc1ccc(C(C)(C)CN)cc1Br. The second-order valence-corrected chi connectivity index (χ2v) is 5.10. The average molecular weight is 256 g/mol. The van der Waals surface area contributed by atoms with Gasteiger partial charge >= 0.3 is 0 Å². The number of halogens is 1. The summed E-state index contributed by atoms with van der Waals surface area (Å²) in [7, 11) is 0. The smallest absolute Gasteiger partial charge is 0.0210 e. The summed E-state index contributed by atoms with van der Waals surface area (Å²) in [5.74, 6) is 0. The van der Waals surface area contributed by atoms with Crippen LogP contribution in [-0.4, -0.2) is 6.54 Å². The molecule has 78 valence electrons. The molecule has 1 rings (SSSR count). The van der Waals surface area contributed by atoms with Crippen LogP contribution in [0.2, 0.25) is 0 Å². The van der Waals surface area contributed by atoms with Crippen LogP contribution in [0.25, 0.3) is 0 Å². The van der Waals surface area contributed by atoms with Crippen molar-refractivity contribution in [1.82, 2.24) is 0 Å². The second-order valence-electron chi connectivity index (χ2n) is 4.25. The second kappa shape index (κ2) is 4.45. The van der Waals surface area contributed by atoms with Crippen LogP contribution in [0.1, 0.15) is 31.9 Å². The Bertz CT molecular complexity index is 318.